The Labute approximate surface area is 171 Å². The Morgan fingerprint density at radius 3 is 2.52 bits per heavy atom. The number of aryl methyl sites for hydroxylation is 1. The van der Waals surface area contributed by atoms with E-state index in [9.17, 15) is 4.79 Å². The smallest absolute Gasteiger partial charge is 0.337 e. The van der Waals surface area contributed by atoms with Crippen LogP contribution in [0.1, 0.15) is 35.5 Å². The van der Waals surface area contributed by atoms with E-state index in [1.807, 2.05) is 37.3 Å². The van der Waals surface area contributed by atoms with Crippen molar-refractivity contribution in [3.8, 4) is 0 Å². The van der Waals surface area contributed by atoms with E-state index in [-0.39, 0.29) is 12.0 Å². The van der Waals surface area contributed by atoms with Gasteiger partial charge in [-0.25, -0.2) is 9.78 Å². The second-order valence-corrected chi connectivity index (χ2v) is 7.10. The van der Waals surface area contributed by atoms with Crippen LogP contribution in [0, 0.1) is 6.92 Å². The molecule has 150 valence electrons. The molecule has 0 bridgehead atoms. The second-order valence-electron chi connectivity index (χ2n) is 7.10. The van der Waals surface area contributed by atoms with E-state index in [1.165, 1.54) is 12.7 Å². The molecule has 0 spiro atoms. The number of hydrogen-bond acceptors (Lipinski definition) is 6. The van der Waals surface area contributed by atoms with Gasteiger partial charge in [-0.2, -0.15) is 4.98 Å². The summed E-state index contributed by atoms with van der Waals surface area (Å²) in [6, 6.07) is 19.5. The topological polar surface area (TPSA) is 67.3 Å². The molecule has 1 N–H and O–H groups in total. The van der Waals surface area contributed by atoms with Crippen LogP contribution in [0.5, 0.6) is 0 Å². The Morgan fingerprint density at radius 1 is 1.07 bits per heavy atom. The summed E-state index contributed by atoms with van der Waals surface area (Å²) in [6.07, 6.45) is 0. The van der Waals surface area contributed by atoms with Crippen LogP contribution in [0.3, 0.4) is 0 Å². The lowest BCUT2D eigenvalue weighted by Crippen LogP contribution is -2.32. The fourth-order valence-electron chi connectivity index (χ4n) is 3.00. The fraction of sp³-hybridized carbons (Fsp3) is 0.261. The lowest BCUT2D eigenvalue weighted by Gasteiger charge is -2.27. The van der Waals surface area contributed by atoms with Gasteiger partial charge in [-0.05, 0) is 44.5 Å². The molecule has 6 heteroatoms. The summed E-state index contributed by atoms with van der Waals surface area (Å²) in [5.74, 6) is 0.964. The SMILES string of the molecule is COC(=O)c1cccc(Nc2cc(C)nc(N(Cc3ccccc3)C(C)C)n2)c1. The molecule has 3 rings (SSSR count). The molecule has 0 radical (unpaired) electrons. The average molecular weight is 390 g/mol. The van der Waals surface area contributed by atoms with Crippen molar-refractivity contribution in [2.24, 2.45) is 0 Å². The van der Waals surface area contributed by atoms with Crippen molar-refractivity contribution in [1.82, 2.24) is 9.97 Å². The molecular formula is C23H26N4O2. The zero-order chi connectivity index (χ0) is 20.8. The third-order valence-corrected chi connectivity index (χ3v) is 4.47. The van der Waals surface area contributed by atoms with Crippen LogP contribution in [0.2, 0.25) is 0 Å². The van der Waals surface area contributed by atoms with Crippen LogP contribution in [-0.2, 0) is 11.3 Å². The minimum Gasteiger partial charge on any atom is -0.465 e. The maximum Gasteiger partial charge on any atom is 0.337 e. The van der Waals surface area contributed by atoms with Crippen LogP contribution in [0.25, 0.3) is 0 Å². The van der Waals surface area contributed by atoms with Gasteiger partial charge in [0.05, 0.1) is 12.7 Å². The molecule has 6 nitrogen and oxygen atoms in total. The maximum atomic E-state index is 11.8. The molecule has 0 saturated heterocycles. The number of nitrogens with zero attached hydrogens (tertiary/aromatic N) is 3. The number of benzene rings is 2. The first-order valence-electron chi connectivity index (χ1n) is 9.58. The average Bonchev–Trinajstić information content (AvgIpc) is 2.71. The Balaban J connectivity index is 1.88. The van der Waals surface area contributed by atoms with Gasteiger partial charge in [0.25, 0.3) is 0 Å². The molecule has 0 saturated carbocycles. The van der Waals surface area contributed by atoms with Gasteiger partial charge in [0.2, 0.25) is 5.95 Å². The van der Waals surface area contributed by atoms with Gasteiger partial charge in [0.1, 0.15) is 5.82 Å². The minimum absolute atomic E-state index is 0.229. The number of aromatic nitrogens is 2. The molecule has 29 heavy (non-hydrogen) atoms. The number of carbonyl (C=O) groups is 1. The molecule has 0 aliphatic carbocycles. The Kier molecular flexibility index (Phi) is 6.44. The summed E-state index contributed by atoms with van der Waals surface area (Å²) in [4.78, 5) is 23.3. The van der Waals surface area contributed by atoms with Gasteiger partial charge in [-0.3, -0.25) is 0 Å². The third-order valence-electron chi connectivity index (χ3n) is 4.47. The fourth-order valence-corrected chi connectivity index (χ4v) is 3.00. The standard InChI is InChI=1S/C23H26N4O2/c1-16(2)27(15-18-9-6-5-7-10-18)23-24-17(3)13-21(26-23)25-20-12-8-11-19(14-20)22(28)29-4/h5-14,16H,15H2,1-4H3,(H,24,25,26). The van der Waals surface area contributed by atoms with E-state index >= 15 is 0 Å². The third kappa shape index (κ3) is 5.31. The van der Waals surface area contributed by atoms with Gasteiger partial charge in [-0.1, -0.05) is 36.4 Å². The normalized spacial score (nSPS) is 10.7. The van der Waals surface area contributed by atoms with Crippen molar-refractivity contribution >= 4 is 23.4 Å². The molecule has 1 aromatic heterocycles. The molecule has 1 heterocycles. The number of ether oxygens (including phenoxy) is 1. The van der Waals surface area contributed by atoms with Gasteiger partial charge in [0, 0.05) is 30.0 Å². The summed E-state index contributed by atoms with van der Waals surface area (Å²) in [5.41, 5.74) is 3.31. The van der Waals surface area contributed by atoms with E-state index < -0.39 is 0 Å². The highest BCUT2D eigenvalue weighted by molar-refractivity contribution is 5.90. The quantitative estimate of drug-likeness (QED) is 0.588. The zero-order valence-corrected chi connectivity index (χ0v) is 17.2. The molecule has 0 amide bonds. The zero-order valence-electron chi connectivity index (χ0n) is 17.2. The van der Waals surface area contributed by atoms with E-state index in [0.717, 1.165) is 17.9 Å². The number of nitrogens with one attached hydrogen (secondary N) is 1. The molecule has 0 aliphatic rings. The number of carbonyl (C=O) groups excluding carboxylic acids is 1. The monoisotopic (exact) mass is 390 g/mol. The van der Waals surface area contributed by atoms with Crippen molar-refractivity contribution in [2.45, 2.75) is 33.4 Å². The molecule has 0 fully saturated rings. The summed E-state index contributed by atoms with van der Waals surface area (Å²) in [5, 5.41) is 3.28. The van der Waals surface area contributed by atoms with Crippen molar-refractivity contribution in [3.63, 3.8) is 0 Å². The Morgan fingerprint density at radius 2 is 1.83 bits per heavy atom. The lowest BCUT2D eigenvalue weighted by atomic mass is 10.2. The first-order chi connectivity index (χ1) is 14.0. The summed E-state index contributed by atoms with van der Waals surface area (Å²) in [7, 11) is 1.37. The van der Waals surface area contributed by atoms with Crippen molar-refractivity contribution in [2.75, 3.05) is 17.3 Å². The highest BCUT2D eigenvalue weighted by atomic mass is 16.5. The second kappa shape index (κ2) is 9.19. The first-order valence-corrected chi connectivity index (χ1v) is 9.58. The number of rotatable bonds is 7. The van der Waals surface area contributed by atoms with Crippen LogP contribution in [0.4, 0.5) is 17.5 Å². The van der Waals surface area contributed by atoms with Crippen LogP contribution < -0.4 is 10.2 Å². The number of esters is 1. The molecular weight excluding hydrogens is 364 g/mol. The van der Waals surface area contributed by atoms with E-state index in [4.69, 9.17) is 9.72 Å². The van der Waals surface area contributed by atoms with Gasteiger partial charge in [-0.15, -0.1) is 0 Å². The Bertz CT molecular complexity index is 974. The van der Waals surface area contributed by atoms with Gasteiger partial charge >= 0.3 is 5.97 Å². The lowest BCUT2D eigenvalue weighted by molar-refractivity contribution is 0.0601. The predicted octanol–water partition coefficient (Wildman–Crippen LogP) is 4.73. The molecule has 0 aliphatic heterocycles. The van der Waals surface area contributed by atoms with E-state index in [1.54, 1.807) is 18.2 Å². The number of anilines is 3. The van der Waals surface area contributed by atoms with Crippen molar-refractivity contribution in [1.29, 1.82) is 0 Å². The molecule has 2 aromatic carbocycles. The Hall–Kier alpha value is -3.41. The van der Waals surface area contributed by atoms with Crippen LogP contribution >= 0.6 is 0 Å². The highest BCUT2D eigenvalue weighted by Crippen LogP contribution is 2.22. The van der Waals surface area contributed by atoms with Crippen molar-refractivity contribution in [3.05, 3.63) is 77.5 Å². The summed E-state index contributed by atoms with van der Waals surface area (Å²) >= 11 is 0. The van der Waals surface area contributed by atoms with E-state index in [2.05, 4.69) is 41.2 Å². The van der Waals surface area contributed by atoms with Crippen LogP contribution in [-0.4, -0.2) is 29.1 Å². The first kappa shape index (κ1) is 20.3. The number of hydrogen-bond donors (Lipinski definition) is 1. The largest absolute Gasteiger partial charge is 0.465 e. The molecule has 0 atom stereocenters. The number of methoxy groups -OCH3 is 1. The summed E-state index contributed by atoms with van der Waals surface area (Å²) < 4.78 is 4.80. The molecule has 3 aromatic rings. The molecule has 0 unspecified atom stereocenters. The highest BCUT2D eigenvalue weighted by Gasteiger charge is 2.16. The predicted molar refractivity (Wildman–Crippen MR) is 116 cm³/mol. The van der Waals surface area contributed by atoms with Crippen LogP contribution in [0.15, 0.2) is 60.7 Å². The van der Waals surface area contributed by atoms with Gasteiger partial charge in [0.15, 0.2) is 0 Å². The van der Waals surface area contributed by atoms with Crippen molar-refractivity contribution < 1.29 is 9.53 Å². The van der Waals surface area contributed by atoms with E-state index in [0.29, 0.717) is 17.3 Å². The summed E-state index contributed by atoms with van der Waals surface area (Å²) in [6.45, 7) is 6.92. The minimum atomic E-state index is -0.373. The van der Waals surface area contributed by atoms with Gasteiger partial charge < -0.3 is 15.0 Å². The maximum absolute atomic E-state index is 11.8.